The molecule has 1 fully saturated rings. The van der Waals surface area contributed by atoms with Crippen molar-refractivity contribution in [2.75, 3.05) is 51.5 Å². The monoisotopic (exact) mass is 592 g/mol. The van der Waals surface area contributed by atoms with Gasteiger partial charge in [0.05, 0.1) is 50.8 Å². The number of hydrogen-bond donors (Lipinski definition) is 1. The van der Waals surface area contributed by atoms with Crippen molar-refractivity contribution in [3.8, 4) is 5.75 Å². The van der Waals surface area contributed by atoms with Gasteiger partial charge in [0, 0.05) is 37.2 Å². The van der Waals surface area contributed by atoms with Crippen LogP contribution in [0.15, 0.2) is 29.2 Å². The summed E-state index contributed by atoms with van der Waals surface area (Å²) in [5.41, 5.74) is -0.102. The van der Waals surface area contributed by atoms with Crippen LogP contribution in [0.4, 0.5) is 14.5 Å². The van der Waals surface area contributed by atoms with E-state index in [2.05, 4.69) is 0 Å². The molecule has 222 valence electrons. The van der Waals surface area contributed by atoms with Crippen LogP contribution in [0.1, 0.15) is 55.2 Å². The molecule has 0 amide bonds. The predicted octanol–water partition coefficient (Wildman–Crippen LogP) is 5.13. The number of halogens is 3. The Bertz CT molecular complexity index is 1510. The van der Waals surface area contributed by atoms with Crippen molar-refractivity contribution in [3.05, 3.63) is 68.0 Å². The Labute approximate surface area is 242 Å². The van der Waals surface area contributed by atoms with Crippen molar-refractivity contribution in [2.24, 2.45) is 5.41 Å². The van der Waals surface area contributed by atoms with E-state index in [0.717, 1.165) is 0 Å². The third-order valence-electron chi connectivity index (χ3n) is 7.37. The molecule has 1 aromatic heterocycles. The average molecular weight is 593 g/mol. The molecule has 3 aromatic rings. The Hall–Kier alpha value is -3.21. The molecule has 0 saturated carbocycles. The molecule has 1 N–H and O–H groups in total. The molecule has 2 heterocycles. The summed E-state index contributed by atoms with van der Waals surface area (Å²) in [6, 6.07) is 4.07. The largest absolute Gasteiger partial charge is 0.496 e. The molecule has 11 heteroatoms. The number of aromatic nitrogens is 1. The second-order valence-corrected chi connectivity index (χ2v) is 11.4. The molecule has 0 spiro atoms. The summed E-state index contributed by atoms with van der Waals surface area (Å²) >= 11 is 6.10. The molecule has 0 unspecified atom stereocenters. The molecule has 0 aliphatic carbocycles. The minimum atomic E-state index is -0.908. The van der Waals surface area contributed by atoms with Gasteiger partial charge >= 0.3 is 5.97 Å². The van der Waals surface area contributed by atoms with Gasteiger partial charge in [-0.1, -0.05) is 32.4 Å². The zero-order valence-electron chi connectivity index (χ0n) is 23.9. The lowest BCUT2D eigenvalue weighted by molar-refractivity contribution is 0.0522. The van der Waals surface area contributed by atoms with Crippen LogP contribution in [0.5, 0.6) is 5.75 Å². The van der Waals surface area contributed by atoms with E-state index in [9.17, 15) is 14.7 Å². The van der Waals surface area contributed by atoms with E-state index in [0.29, 0.717) is 43.1 Å². The summed E-state index contributed by atoms with van der Waals surface area (Å²) in [7, 11) is 1.44. The molecule has 1 aliphatic rings. The van der Waals surface area contributed by atoms with Gasteiger partial charge in [0.2, 0.25) is 5.43 Å². The maximum atomic E-state index is 15.3. The van der Waals surface area contributed by atoms with E-state index in [1.165, 1.54) is 25.4 Å². The summed E-state index contributed by atoms with van der Waals surface area (Å²) in [5, 5.41) is 9.87. The third-order valence-corrected chi connectivity index (χ3v) is 7.71. The molecular formula is C30H35ClF2N2O6. The Morgan fingerprint density at radius 1 is 1.15 bits per heavy atom. The Balaban J connectivity index is 1.94. The van der Waals surface area contributed by atoms with E-state index in [1.54, 1.807) is 22.5 Å². The van der Waals surface area contributed by atoms with Crippen molar-refractivity contribution < 1.29 is 32.9 Å². The van der Waals surface area contributed by atoms with E-state index in [-0.39, 0.29) is 41.8 Å². The second-order valence-electron chi connectivity index (χ2n) is 11.0. The molecule has 4 rings (SSSR count). The number of pyridine rings is 1. The number of esters is 1. The highest BCUT2D eigenvalue weighted by Crippen LogP contribution is 2.37. The van der Waals surface area contributed by atoms with Crippen molar-refractivity contribution in [1.82, 2.24) is 4.57 Å². The fourth-order valence-electron chi connectivity index (χ4n) is 5.15. The standard InChI is InChI=1S/C30H35ClF2N2O6/c1-6-41-29(38)20-15-35(24(16-36)30(2,3)4)21-14-23(39-5)17(12-19(21)28(20)37)11-18-13-22(27(33)25(31)26(18)32)34-7-9-40-10-8-34/h12-15,24,36H,6-11,16H2,1-5H3/t24-/m1/s1. The van der Waals surface area contributed by atoms with E-state index in [1.807, 2.05) is 20.8 Å². The zero-order chi connectivity index (χ0) is 30.1. The summed E-state index contributed by atoms with van der Waals surface area (Å²) in [6.07, 6.45) is 1.33. The molecule has 1 saturated heterocycles. The van der Waals surface area contributed by atoms with Gasteiger partial charge in [-0.05, 0) is 35.6 Å². The molecule has 1 atom stereocenters. The van der Waals surface area contributed by atoms with E-state index >= 15 is 8.78 Å². The van der Waals surface area contributed by atoms with Crippen molar-refractivity contribution >= 4 is 34.2 Å². The SMILES string of the molecule is CCOC(=O)c1cn([C@H](CO)C(C)(C)C)c2cc(OC)c(Cc3cc(N4CCOCC4)c(F)c(Cl)c3F)cc2c1=O. The van der Waals surface area contributed by atoms with Gasteiger partial charge < -0.3 is 28.8 Å². The number of morpholine rings is 1. The Morgan fingerprint density at radius 2 is 1.83 bits per heavy atom. The number of rotatable bonds is 8. The lowest BCUT2D eigenvalue weighted by Crippen LogP contribution is -2.37. The van der Waals surface area contributed by atoms with Gasteiger partial charge in [0.15, 0.2) is 5.82 Å². The van der Waals surface area contributed by atoms with Crippen LogP contribution in [-0.4, -0.2) is 62.3 Å². The molecule has 0 radical (unpaired) electrons. The number of fused-ring (bicyclic) bond motifs is 1. The number of nitrogens with zero attached hydrogens (tertiary/aromatic N) is 2. The number of carbonyl (C=O) groups is 1. The highest BCUT2D eigenvalue weighted by molar-refractivity contribution is 6.31. The quantitative estimate of drug-likeness (QED) is 0.287. The molecule has 2 aromatic carbocycles. The van der Waals surface area contributed by atoms with E-state index < -0.39 is 39.5 Å². The smallest absolute Gasteiger partial charge is 0.343 e. The van der Waals surface area contributed by atoms with Crippen molar-refractivity contribution in [2.45, 2.75) is 40.2 Å². The number of aliphatic hydroxyl groups is 1. The van der Waals surface area contributed by atoms with Crippen LogP contribution in [0, 0.1) is 17.0 Å². The first kappa shape index (κ1) is 30.7. The molecule has 41 heavy (non-hydrogen) atoms. The first-order valence-corrected chi connectivity index (χ1v) is 13.8. The van der Waals surface area contributed by atoms with Crippen LogP contribution in [0.2, 0.25) is 5.02 Å². The number of carbonyl (C=O) groups excluding carboxylic acids is 1. The summed E-state index contributed by atoms with van der Waals surface area (Å²) in [4.78, 5) is 28.1. The number of aliphatic hydroxyl groups excluding tert-OH is 1. The lowest BCUT2D eigenvalue weighted by atomic mass is 9.86. The van der Waals surface area contributed by atoms with Gasteiger partial charge in [0.1, 0.15) is 22.2 Å². The zero-order valence-corrected chi connectivity index (χ0v) is 24.6. The number of ether oxygens (including phenoxy) is 3. The number of methoxy groups -OCH3 is 1. The number of hydrogen-bond acceptors (Lipinski definition) is 7. The highest BCUT2D eigenvalue weighted by atomic mass is 35.5. The molecular weight excluding hydrogens is 558 g/mol. The molecule has 8 nitrogen and oxygen atoms in total. The molecule has 0 bridgehead atoms. The first-order chi connectivity index (χ1) is 19.4. The normalized spacial score (nSPS) is 14.8. The second kappa shape index (κ2) is 12.3. The molecule has 1 aliphatic heterocycles. The lowest BCUT2D eigenvalue weighted by Gasteiger charge is -2.33. The average Bonchev–Trinajstić information content (AvgIpc) is 2.94. The van der Waals surface area contributed by atoms with Crippen molar-refractivity contribution in [1.29, 1.82) is 0 Å². The van der Waals surface area contributed by atoms with Gasteiger partial charge in [-0.15, -0.1) is 0 Å². The maximum absolute atomic E-state index is 15.3. The first-order valence-electron chi connectivity index (χ1n) is 13.5. The minimum Gasteiger partial charge on any atom is -0.496 e. The summed E-state index contributed by atoms with van der Waals surface area (Å²) < 4.78 is 48.2. The van der Waals surface area contributed by atoms with Crippen LogP contribution in [0.3, 0.4) is 0 Å². The Morgan fingerprint density at radius 3 is 2.41 bits per heavy atom. The van der Waals surface area contributed by atoms with Gasteiger partial charge in [-0.25, -0.2) is 13.6 Å². The van der Waals surface area contributed by atoms with Crippen LogP contribution in [0.25, 0.3) is 10.9 Å². The van der Waals surface area contributed by atoms with Gasteiger partial charge in [0.25, 0.3) is 0 Å². The van der Waals surface area contributed by atoms with Crippen LogP contribution < -0.4 is 15.1 Å². The third kappa shape index (κ3) is 6.05. The van der Waals surface area contributed by atoms with Gasteiger partial charge in [-0.2, -0.15) is 0 Å². The van der Waals surface area contributed by atoms with E-state index in [4.69, 9.17) is 25.8 Å². The summed E-state index contributed by atoms with van der Waals surface area (Å²) in [5.74, 6) is -2.20. The highest BCUT2D eigenvalue weighted by Gasteiger charge is 2.30. The topological polar surface area (TPSA) is 90.2 Å². The fourth-order valence-corrected chi connectivity index (χ4v) is 5.37. The number of anilines is 1. The summed E-state index contributed by atoms with van der Waals surface area (Å²) in [6.45, 7) is 8.89. The Kier molecular flexibility index (Phi) is 9.25. The van der Waals surface area contributed by atoms with Crippen LogP contribution in [-0.2, 0) is 15.9 Å². The minimum absolute atomic E-state index is 0.0724. The number of benzene rings is 2. The van der Waals surface area contributed by atoms with Gasteiger partial charge in [-0.3, -0.25) is 4.79 Å². The van der Waals surface area contributed by atoms with Crippen LogP contribution >= 0.6 is 11.6 Å². The van der Waals surface area contributed by atoms with Crippen molar-refractivity contribution in [3.63, 3.8) is 0 Å². The maximum Gasteiger partial charge on any atom is 0.343 e. The predicted molar refractivity (Wildman–Crippen MR) is 154 cm³/mol. The fraction of sp³-hybridized carbons (Fsp3) is 0.467.